The molecule has 2 aromatic carbocycles. The second-order valence-electron chi connectivity index (χ2n) is 9.97. The van der Waals surface area contributed by atoms with E-state index in [1.807, 2.05) is 0 Å². The molecule has 0 bridgehead atoms. The second kappa shape index (κ2) is 11.5. The zero-order valence-corrected chi connectivity index (χ0v) is 21.8. The van der Waals surface area contributed by atoms with Crippen LogP contribution in [0.1, 0.15) is 6.92 Å². The van der Waals surface area contributed by atoms with E-state index in [0.717, 1.165) is 12.1 Å². The molecule has 42 heavy (non-hydrogen) atoms. The van der Waals surface area contributed by atoms with Crippen molar-refractivity contribution in [2.45, 2.75) is 68.3 Å². The van der Waals surface area contributed by atoms with Crippen LogP contribution in [0.5, 0.6) is 17.2 Å². The summed E-state index contributed by atoms with van der Waals surface area (Å²) in [6.07, 6.45) is -17.6. The predicted octanol–water partition coefficient (Wildman–Crippen LogP) is -1.57. The largest absolute Gasteiger partial charge is 0.508 e. The van der Waals surface area contributed by atoms with E-state index in [9.17, 15) is 50.4 Å². The monoisotopic (exact) mass is 592 g/mol. The number of benzene rings is 2. The van der Waals surface area contributed by atoms with Gasteiger partial charge < -0.3 is 64.2 Å². The summed E-state index contributed by atoms with van der Waals surface area (Å²) in [5.41, 5.74) is -0.302. The standard InChI is InChI=1S/C27H28O15/c1-9-18(31)19(32)22(35)26(38-9)42-25(37)24-21(34)20(33)23(36)27(41-24)39-12-6-13(29)17-14(30)8-15(40-16(17)7-12)10-2-4-11(28)5-3-10/h2-9,18-24,26-29,31-36H,1H3/t9-,18-,19+,20+,21-,22+,23-,24+,26-,27-/m1/s1. The van der Waals surface area contributed by atoms with Crippen molar-refractivity contribution < 1.29 is 69.0 Å². The first-order valence-electron chi connectivity index (χ1n) is 12.7. The fourth-order valence-corrected chi connectivity index (χ4v) is 4.65. The van der Waals surface area contributed by atoms with Crippen LogP contribution in [0.4, 0.5) is 0 Å². The Labute approximate surface area is 235 Å². The highest BCUT2D eigenvalue weighted by molar-refractivity contribution is 5.86. The molecule has 15 heteroatoms. The van der Waals surface area contributed by atoms with Crippen LogP contribution in [-0.4, -0.2) is 108 Å². The summed E-state index contributed by atoms with van der Waals surface area (Å²) < 4.78 is 26.9. The molecule has 0 amide bonds. The van der Waals surface area contributed by atoms with Crippen molar-refractivity contribution in [3.8, 4) is 28.6 Å². The molecule has 2 saturated heterocycles. The fraction of sp³-hybridized carbons (Fsp3) is 0.407. The van der Waals surface area contributed by atoms with E-state index in [4.69, 9.17) is 23.4 Å². The first-order valence-corrected chi connectivity index (χ1v) is 12.7. The minimum absolute atomic E-state index is 0.0101. The minimum Gasteiger partial charge on any atom is -0.508 e. The first-order chi connectivity index (χ1) is 19.8. The van der Waals surface area contributed by atoms with E-state index >= 15 is 0 Å². The highest BCUT2D eigenvalue weighted by Crippen LogP contribution is 2.34. The van der Waals surface area contributed by atoms with Gasteiger partial charge >= 0.3 is 5.97 Å². The molecule has 2 aliphatic heterocycles. The van der Waals surface area contributed by atoms with Crippen molar-refractivity contribution in [3.05, 3.63) is 52.7 Å². The zero-order valence-electron chi connectivity index (χ0n) is 21.8. The van der Waals surface area contributed by atoms with Crippen LogP contribution in [0, 0.1) is 0 Å². The lowest BCUT2D eigenvalue weighted by atomic mass is 9.98. The maximum absolute atomic E-state index is 12.8. The van der Waals surface area contributed by atoms with Gasteiger partial charge in [-0.05, 0) is 31.2 Å². The molecule has 0 radical (unpaired) electrons. The minimum atomic E-state index is -2.03. The van der Waals surface area contributed by atoms with E-state index in [-0.39, 0.29) is 28.2 Å². The molecule has 15 nitrogen and oxygen atoms in total. The molecular weight excluding hydrogens is 564 g/mol. The lowest BCUT2D eigenvalue weighted by molar-refractivity contribution is -0.302. The number of phenolic OH excluding ortho intramolecular Hbond substituents is 2. The summed E-state index contributed by atoms with van der Waals surface area (Å²) in [7, 11) is 0. The Morgan fingerprint density at radius 1 is 0.786 bits per heavy atom. The number of esters is 1. The van der Waals surface area contributed by atoms with Gasteiger partial charge in [0.1, 0.15) is 70.6 Å². The van der Waals surface area contributed by atoms with E-state index < -0.39 is 78.6 Å². The van der Waals surface area contributed by atoms with Crippen LogP contribution in [0.2, 0.25) is 0 Å². The van der Waals surface area contributed by atoms with Crippen LogP contribution in [0.3, 0.4) is 0 Å². The van der Waals surface area contributed by atoms with Gasteiger partial charge in [-0.1, -0.05) is 0 Å². The number of aromatic hydroxyl groups is 2. The Kier molecular flexibility index (Phi) is 8.10. The molecule has 0 spiro atoms. The van der Waals surface area contributed by atoms with Gasteiger partial charge in [-0.15, -0.1) is 0 Å². The predicted molar refractivity (Wildman–Crippen MR) is 137 cm³/mol. The zero-order chi connectivity index (χ0) is 30.5. The average Bonchev–Trinajstić information content (AvgIpc) is 2.94. The maximum Gasteiger partial charge on any atom is 0.340 e. The molecule has 3 aromatic rings. The number of fused-ring (bicyclic) bond motifs is 1. The molecule has 8 N–H and O–H groups in total. The Hall–Kier alpha value is -3.80. The molecule has 2 aliphatic rings. The van der Waals surface area contributed by atoms with Gasteiger partial charge in [-0.3, -0.25) is 4.79 Å². The van der Waals surface area contributed by atoms with Crippen LogP contribution >= 0.6 is 0 Å². The van der Waals surface area contributed by atoms with Crippen LogP contribution < -0.4 is 10.2 Å². The number of aliphatic hydroxyl groups excluding tert-OH is 6. The third kappa shape index (κ3) is 5.51. The van der Waals surface area contributed by atoms with Gasteiger partial charge in [0.25, 0.3) is 0 Å². The lowest BCUT2D eigenvalue weighted by Crippen LogP contribution is -2.63. The quantitative estimate of drug-likeness (QED) is 0.156. The van der Waals surface area contributed by atoms with Crippen molar-refractivity contribution in [2.75, 3.05) is 0 Å². The smallest absolute Gasteiger partial charge is 0.340 e. The topological polar surface area (TPSA) is 246 Å². The summed E-state index contributed by atoms with van der Waals surface area (Å²) >= 11 is 0. The number of carbonyl (C=O) groups excluding carboxylic acids is 1. The Bertz CT molecular complexity index is 1500. The van der Waals surface area contributed by atoms with E-state index in [0.29, 0.717) is 5.56 Å². The van der Waals surface area contributed by atoms with Gasteiger partial charge in [0.05, 0.1) is 6.10 Å². The molecule has 0 saturated carbocycles. The molecule has 0 aliphatic carbocycles. The highest BCUT2D eigenvalue weighted by Gasteiger charge is 2.51. The number of rotatable bonds is 5. The normalized spacial score (nSPS) is 33.3. The van der Waals surface area contributed by atoms with Gasteiger partial charge in [0.2, 0.25) is 12.6 Å². The van der Waals surface area contributed by atoms with Crippen molar-refractivity contribution in [1.29, 1.82) is 0 Å². The number of phenols is 2. The second-order valence-corrected chi connectivity index (χ2v) is 9.97. The molecule has 3 heterocycles. The Morgan fingerprint density at radius 2 is 1.43 bits per heavy atom. The molecule has 0 unspecified atom stereocenters. The summed E-state index contributed by atoms with van der Waals surface area (Å²) in [5, 5.41) is 81.0. The van der Waals surface area contributed by atoms with E-state index in [1.165, 1.54) is 37.3 Å². The van der Waals surface area contributed by atoms with Gasteiger partial charge in [0, 0.05) is 23.8 Å². The third-order valence-corrected chi connectivity index (χ3v) is 7.03. The molecule has 1 aromatic heterocycles. The molecular formula is C27H28O15. The SMILES string of the molecule is C[C@H]1O[C@H](OC(=O)[C@H]2O[C@@H](Oc3cc(O)c4c(=O)cc(-c5ccc(O)cc5)oc4c3)[C@H](O)[C@@H](O)[C@H]2O)[C@@H](O)[C@@H](O)[C@@H]1O. The van der Waals surface area contributed by atoms with Gasteiger partial charge in [-0.25, -0.2) is 4.79 Å². The van der Waals surface area contributed by atoms with Crippen molar-refractivity contribution in [1.82, 2.24) is 0 Å². The molecule has 226 valence electrons. The summed E-state index contributed by atoms with van der Waals surface area (Å²) in [4.78, 5) is 25.5. The average molecular weight is 593 g/mol. The van der Waals surface area contributed by atoms with Gasteiger partial charge in [0.15, 0.2) is 11.5 Å². The number of ether oxygens (including phenoxy) is 4. The Morgan fingerprint density at radius 3 is 2.12 bits per heavy atom. The number of carbonyl (C=O) groups is 1. The van der Waals surface area contributed by atoms with Crippen molar-refractivity contribution in [2.24, 2.45) is 0 Å². The number of aliphatic hydroxyl groups is 6. The van der Waals surface area contributed by atoms with Crippen molar-refractivity contribution in [3.63, 3.8) is 0 Å². The summed E-state index contributed by atoms with van der Waals surface area (Å²) in [6, 6.07) is 9.09. The third-order valence-electron chi connectivity index (χ3n) is 7.03. The molecule has 2 fully saturated rings. The highest BCUT2D eigenvalue weighted by atomic mass is 16.7. The number of hydrogen-bond donors (Lipinski definition) is 8. The van der Waals surface area contributed by atoms with Crippen molar-refractivity contribution >= 4 is 16.9 Å². The van der Waals surface area contributed by atoms with E-state index in [2.05, 4.69) is 0 Å². The lowest BCUT2D eigenvalue weighted by Gasteiger charge is -2.41. The van der Waals surface area contributed by atoms with E-state index in [1.54, 1.807) is 0 Å². The molecule has 5 rings (SSSR count). The van der Waals surface area contributed by atoms with Crippen LogP contribution in [0.25, 0.3) is 22.3 Å². The van der Waals surface area contributed by atoms with Crippen LogP contribution in [0.15, 0.2) is 51.7 Å². The molecule has 10 atom stereocenters. The van der Waals surface area contributed by atoms with Crippen LogP contribution in [-0.2, 0) is 19.0 Å². The van der Waals surface area contributed by atoms with Gasteiger partial charge in [-0.2, -0.15) is 0 Å². The number of hydrogen-bond acceptors (Lipinski definition) is 15. The Balaban J connectivity index is 1.38. The first kappa shape index (κ1) is 29.7. The summed E-state index contributed by atoms with van der Waals surface area (Å²) in [5.74, 6) is -2.08. The summed E-state index contributed by atoms with van der Waals surface area (Å²) in [6.45, 7) is 1.35. The fourth-order valence-electron chi connectivity index (χ4n) is 4.65. The maximum atomic E-state index is 12.8.